The highest BCUT2D eigenvalue weighted by molar-refractivity contribution is 8.00. The molecule has 0 radical (unpaired) electrons. The number of nitrogen functional groups attached to an aromatic ring is 1. The van der Waals surface area contributed by atoms with Crippen LogP contribution in [0.15, 0.2) is 10.3 Å². The Balaban J connectivity index is 3.00. The Hall–Kier alpha value is -0.680. The molecule has 72 valence electrons. The molecule has 0 saturated carbocycles. The van der Waals surface area contributed by atoms with Gasteiger partial charge < -0.3 is 10.6 Å². The summed E-state index contributed by atoms with van der Waals surface area (Å²) >= 11 is 3.04. The van der Waals surface area contributed by atoms with Crippen LogP contribution in [0.4, 0.5) is 5.69 Å². The number of thioether (sulfide) groups is 1. The first-order valence-corrected chi connectivity index (χ1v) is 5.75. The van der Waals surface area contributed by atoms with E-state index < -0.39 is 0 Å². The number of thiophene rings is 1. The molecular weight excluding hydrogens is 204 g/mol. The van der Waals surface area contributed by atoms with Crippen LogP contribution in [0.3, 0.4) is 0 Å². The molecule has 0 unspecified atom stereocenters. The molecule has 1 rings (SSSR count). The van der Waals surface area contributed by atoms with Crippen LogP contribution < -0.4 is 5.73 Å². The average molecular weight is 216 g/mol. The maximum Gasteiger partial charge on any atom is 0.265 e. The standard InChI is InChI=1S/C8H12N2OS2/c1-10(2)8(11)7-5(9)4-6(12-3)13-7/h4H,9H2,1-3H3. The number of rotatable bonds is 2. The predicted molar refractivity (Wildman–Crippen MR) is 58.5 cm³/mol. The molecule has 0 saturated heterocycles. The van der Waals surface area contributed by atoms with E-state index in [0.29, 0.717) is 10.6 Å². The molecular formula is C8H12N2OS2. The lowest BCUT2D eigenvalue weighted by atomic mass is 10.4. The predicted octanol–water partition coefficient (Wildman–Crippen LogP) is 1.75. The van der Waals surface area contributed by atoms with E-state index in [2.05, 4.69) is 0 Å². The zero-order chi connectivity index (χ0) is 10.0. The van der Waals surface area contributed by atoms with Gasteiger partial charge in [-0.25, -0.2) is 0 Å². The lowest BCUT2D eigenvalue weighted by Crippen LogP contribution is -2.21. The van der Waals surface area contributed by atoms with Gasteiger partial charge in [0, 0.05) is 14.1 Å². The summed E-state index contributed by atoms with van der Waals surface area (Å²) in [6.07, 6.45) is 1.97. The minimum atomic E-state index is -0.0252. The Morgan fingerprint density at radius 1 is 1.62 bits per heavy atom. The third kappa shape index (κ3) is 2.16. The molecule has 0 aromatic carbocycles. The fourth-order valence-electron chi connectivity index (χ4n) is 0.852. The van der Waals surface area contributed by atoms with E-state index >= 15 is 0 Å². The van der Waals surface area contributed by atoms with E-state index in [1.807, 2.05) is 12.3 Å². The minimum absolute atomic E-state index is 0.0252. The maximum absolute atomic E-state index is 11.5. The van der Waals surface area contributed by atoms with Crippen molar-refractivity contribution in [2.75, 3.05) is 26.1 Å². The van der Waals surface area contributed by atoms with E-state index in [1.54, 1.807) is 25.9 Å². The summed E-state index contributed by atoms with van der Waals surface area (Å²) in [7, 11) is 3.44. The Kier molecular flexibility index (Phi) is 3.22. The molecule has 1 amide bonds. The zero-order valence-electron chi connectivity index (χ0n) is 7.83. The molecule has 0 atom stereocenters. The lowest BCUT2D eigenvalue weighted by molar-refractivity contribution is 0.0833. The van der Waals surface area contributed by atoms with Crippen molar-refractivity contribution >= 4 is 34.7 Å². The molecule has 0 spiro atoms. The number of nitrogens with two attached hydrogens (primary N) is 1. The highest BCUT2D eigenvalue weighted by Crippen LogP contribution is 2.31. The average Bonchev–Trinajstić information content (AvgIpc) is 2.45. The van der Waals surface area contributed by atoms with Crippen molar-refractivity contribution in [1.82, 2.24) is 4.90 Å². The normalized spacial score (nSPS) is 10.1. The first-order chi connectivity index (χ1) is 6.06. The van der Waals surface area contributed by atoms with Crippen LogP contribution in [0.1, 0.15) is 9.67 Å². The molecule has 0 aliphatic heterocycles. The highest BCUT2D eigenvalue weighted by atomic mass is 32.2. The Morgan fingerprint density at radius 3 is 2.62 bits per heavy atom. The van der Waals surface area contributed by atoms with Gasteiger partial charge in [0.25, 0.3) is 5.91 Å². The third-order valence-corrected chi connectivity index (χ3v) is 3.74. The van der Waals surface area contributed by atoms with Gasteiger partial charge in [-0.15, -0.1) is 23.1 Å². The minimum Gasteiger partial charge on any atom is -0.397 e. The Morgan fingerprint density at radius 2 is 2.23 bits per heavy atom. The second kappa shape index (κ2) is 4.02. The van der Waals surface area contributed by atoms with Crippen LogP contribution >= 0.6 is 23.1 Å². The van der Waals surface area contributed by atoms with Crippen molar-refractivity contribution in [2.45, 2.75) is 4.21 Å². The smallest absolute Gasteiger partial charge is 0.265 e. The molecule has 2 N–H and O–H groups in total. The van der Waals surface area contributed by atoms with Crippen molar-refractivity contribution in [3.8, 4) is 0 Å². The molecule has 0 bridgehead atoms. The number of carbonyl (C=O) groups is 1. The van der Waals surface area contributed by atoms with Crippen LogP contribution in [-0.2, 0) is 0 Å². The summed E-state index contributed by atoms with van der Waals surface area (Å²) in [5, 5.41) is 0. The first-order valence-electron chi connectivity index (χ1n) is 3.71. The van der Waals surface area contributed by atoms with Gasteiger partial charge >= 0.3 is 0 Å². The molecule has 5 heteroatoms. The molecule has 1 heterocycles. The molecule has 0 fully saturated rings. The number of carbonyl (C=O) groups excluding carboxylic acids is 1. The topological polar surface area (TPSA) is 46.3 Å². The summed E-state index contributed by atoms with van der Waals surface area (Å²) in [6, 6.07) is 1.84. The molecule has 0 aliphatic rings. The van der Waals surface area contributed by atoms with Gasteiger partial charge in [0.15, 0.2) is 0 Å². The van der Waals surface area contributed by atoms with Crippen LogP contribution in [0, 0.1) is 0 Å². The van der Waals surface area contributed by atoms with Gasteiger partial charge in [-0.3, -0.25) is 4.79 Å². The summed E-state index contributed by atoms with van der Waals surface area (Å²) in [5.41, 5.74) is 6.28. The molecule has 0 aliphatic carbocycles. The summed E-state index contributed by atoms with van der Waals surface area (Å²) in [4.78, 5) is 13.7. The largest absolute Gasteiger partial charge is 0.397 e. The molecule has 1 aromatic heterocycles. The number of anilines is 1. The quantitative estimate of drug-likeness (QED) is 0.766. The Labute approximate surface area is 85.9 Å². The van der Waals surface area contributed by atoms with Crippen LogP contribution in [-0.4, -0.2) is 31.2 Å². The van der Waals surface area contributed by atoms with E-state index in [-0.39, 0.29) is 5.91 Å². The summed E-state index contributed by atoms with van der Waals surface area (Å²) in [6.45, 7) is 0. The van der Waals surface area contributed by atoms with Crippen LogP contribution in [0.5, 0.6) is 0 Å². The zero-order valence-corrected chi connectivity index (χ0v) is 9.46. The van der Waals surface area contributed by atoms with Crippen molar-refractivity contribution in [3.05, 3.63) is 10.9 Å². The van der Waals surface area contributed by atoms with Gasteiger partial charge in [-0.1, -0.05) is 0 Å². The van der Waals surface area contributed by atoms with Gasteiger partial charge in [0.05, 0.1) is 9.90 Å². The number of amides is 1. The van der Waals surface area contributed by atoms with Gasteiger partial charge in [-0.05, 0) is 12.3 Å². The molecule has 3 nitrogen and oxygen atoms in total. The number of hydrogen-bond donors (Lipinski definition) is 1. The first kappa shape index (κ1) is 10.4. The van der Waals surface area contributed by atoms with E-state index in [0.717, 1.165) is 4.21 Å². The van der Waals surface area contributed by atoms with Gasteiger partial charge in [0.2, 0.25) is 0 Å². The third-order valence-electron chi connectivity index (χ3n) is 1.54. The summed E-state index contributed by atoms with van der Waals surface area (Å²) in [5.74, 6) is -0.0252. The monoisotopic (exact) mass is 216 g/mol. The number of nitrogens with zero attached hydrogens (tertiary/aromatic N) is 1. The van der Waals surface area contributed by atoms with Crippen molar-refractivity contribution in [2.24, 2.45) is 0 Å². The van der Waals surface area contributed by atoms with Gasteiger partial charge in [-0.2, -0.15) is 0 Å². The van der Waals surface area contributed by atoms with E-state index in [9.17, 15) is 4.79 Å². The lowest BCUT2D eigenvalue weighted by Gasteiger charge is -2.08. The second-order valence-electron chi connectivity index (χ2n) is 2.75. The Bertz CT molecular complexity index is 320. The van der Waals surface area contributed by atoms with Crippen molar-refractivity contribution in [1.29, 1.82) is 0 Å². The van der Waals surface area contributed by atoms with E-state index in [4.69, 9.17) is 5.73 Å². The second-order valence-corrected chi connectivity index (χ2v) is 4.91. The van der Waals surface area contributed by atoms with E-state index in [1.165, 1.54) is 16.2 Å². The van der Waals surface area contributed by atoms with Gasteiger partial charge in [0.1, 0.15) is 4.88 Å². The van der Waals surface area contributed by atoms with Crippen LogP contribution in [0.2, 0.25) is 0 Å². The fourth-order valence-corrected chi connectivity index (χ4v) is 2.51. The highest BCUT2D eigenvalue weighted by Gasteiger charge is 2.15. The van der Waals surface area contributed by atoms with Crippen molar-refractivity contribution in [3.63, 3.8) is 0 Å². The molecule has 1 aromatic rings. The molecule has 13 heavy (non-hydrogen) atoms. The SMILES string of the molecule is CSc1cc(N)c(C(=O)N(C)C)s1. The maximum atomic E-state index is 11.5. The van der Waals surface area contributed by atoms with Crippen molar-refractivity contribution < 1.29 is 4.79 Å². The fraction of sp³-hybridized carbons (Fsp3) is 0.375. The van der Waals surface area contributed by atoms with Crippen LogP contribution in [0.25, 0.3) is 0 Å². The summed E-state index contributed by atoms with van der Waals surface area (Å²) < 4.78 is 1.07. The number of hydrogen-bond acceptors (Lipinski definition) is 4.